The second-order valence-corrected chi connectivity index (χ2v) is 25.6. The molecule has 0 aliphatic carbocycles. The number of carbonyl (C=O) groups excluding carboxylic acids is 2. The fourth-order valence-electron chi connectivity index (χ4n) is 11.9. The molecule has 0 spiro atoms. The van der Waals surface area contributed by atoms with Gasteiger partial charge in [0, 0.05) is 12.8 Å². The highest BCUT2D eigenvalue weighted by Gasteiger charge is 2.20. The second kappa shape index (κ2) is 70.1. The van der Waals surface area contributed by atoms with Gasteiger partial charge in [-0.3, -0.25) is 9.59 Å². The summed E-state index contributed by atoms with van der Waals surface area (Å²) >= 11 is 0. The van der Waals surface area contributed by atoms with E-state index in [1.807, 2.05) is 0 Å². The number of aliphatic hydroxyl groups excluding tert-OH is 2. The van der Waals surface area contributed by atoms with Crippen molar-refractivity contribution in [3.8, 4) is 0 Å². The van der Waals surface area contributed by atoms with Gasteiger partial charge in [-0.2, -0.15) is 0 Å². The minimum atomic E-state index is -0.660. The maximum absolute atomic E-state index is 12.5. The van der Waals surface area contributed by atoms with Crippen molar-refractivity contribution < 1.29 is 24.5 Å². The minimum absolute atomic E-state index is 0.0208. The van der Waals surface area contributed by atoms with Crippen LogP contribution < -0.4 is 5.32 Å². The summed E-state index contributed by atoms with van der Waals surface area (Å²) in [4.78, 5) is 24.6. The number of amides is 1. The van der Waals surface area contributed by atoms with Crippen molar-refractivity contribution in [2.45, 2.75) is 437 Å². The van der Waals surface area contributed by atoms with Crippen LogP contribution in [0, 0.1) is 0 Å². The predicted octanol–water partition coefficient (Wildman–Crippen LogP) is 23.9. The van der Waals surface area contributed by atoms with Gasteiger partial charge in [-0.05, 0) is 51.4 Å². The van der Waals surface area contributed by atoms with Crippen LogP contribution in [0.25, 0.3) is 0 Å². The zero-order valence-corrected chi connectivity index (χ0v) is 54.6. The maximum atomic E-state index is 12.5. The second-order valence-electron chi connectivity index (χ2n) is 25.6. The lowest BCUT2D eigenvalue weighted by Gasteiger charge is -2.22. The van der Waals surface area contributed by atoms with Gasteiger partial charge in [-0.25, -0.2) is 0 Å². The predicted molar refractivity (Wildman–Crippen MR) is 352 cm³/mol. The summed E-state index contributed by atoms with van der Waals surface area (Å²) in [5.74, 6) is -0.00715. The molecule has 6 heteroatoms. The van der Waals surface area contributed by atoms with E-state index < -0.39 is 12.1 Å². The number of hydrogen-bond donors (Lipinski definition) is 3. The summed E-state index contributed by atoms with van der Waals surface area (Å²) in [6, 6.07) is -0.537. The fourth-order valence-corrected chi connectivity index (χ4v) is 11.9. The summed E-state index contributed by atoms with van der Waals surface area (Å²) in [5, 5.41) is 23.3. The minimum Gasteiger partial charge on any atom is -0.466 e. The van der Waals surface area contributed by atoms with Gasteiger partial charge in [0.1, 0.15) is 0 Å². The van der Waals surface area contributed by atoms with Crippen molar-refractivity contribution in [2.24, 2.45) is 0 Å². The first kappa shape index (κ1) is 78.6. The Kier molecular flexibility index (Phi) is 68.9. The SMILES string of the molecule is CCCCCCCC/C=C\CCCCCCCCCCCC(=O)OCCCCCCCCCCCCCCCCCCCCCCCCCCCCCCCCC(=O)NC(CO)C(O)CCCCCCCCCCCCCCCC. The Morgan fingerprint density at radius 2 is 0.588 bits per heavy atom. The lowest BCUT2D eigenvalue weighted by atomic mass is 10.0. The third kappa shape index (κ3) is 65.7. The Balaban J connectivity index is 3.30. The van der Waals surface area contributed by atoms with Gasteiger partial charge < -0.3 is 20.3 Å². The maximum Gasteiger partial charge on any atom is 0.305 e. The van der Waals surface area contributed by atoms with E-state index >= 15 is 0 Å². The molecule has 0 aromatic carbocycles. The van der Waals surface area contributed by atoms with Crippen LogP contribution in [0.15, 0.2) is 12.2 Å². The molecular formula is C74H145NO5. The van der Waals surface area contributed by atoms with Crippen molar-refractivity contribution >= 4 is 11.9 Å². The highest BCUT2D eigenvalue weighted by atomic mass is 16.5. The molecule has 0 saturated heterocycles. The average Bonchev–Trinajstić information content (AvgIpc) is 3.46. The highest BCUT2D eigenvalue weighted by molar-refractivity contribution is 5.76. The molecule has 2 unspecified atom stereocenters. The lowest BCUT2D eigenvalue weighted by Crippen LogP contribution is -2.45. The van der Waals surface area contributed by atoms with Gasteiger partial charge >= 0.3 is 5.97 Å². The number of nitrogens with one attached hydrogen (secondary N) is 1. The molecule has 0 bridgehead atoms. The van der Waals surface area contributed by atoms with E-state index in [4.69, 9.17) is 4.74 Å². The summed E-state index contributed by atoms with van der Waals surface area (Å²) in [7, 11) is 0. The number of carbonyl (C=O) groups is 2. The van der Waals surface area contributed by atoms with Crippen molar-refractivity contribution in [3.63, 3.8) is 0 Å². The number of rotatable bonds is 70. The van der Waals surface area contributed by atoms with Gasteiger partial charge in [-0.1, -0.05) is 373 Å². The Morgan fingerprint density at radius 3 is 0.887 bits per heavy atom. The average molecular weight is 1130 g/mol. The molecule has 0 saturated carbocycles. The lowest BCUT2D eigenvalue weighted by molar-refractivity contribution is -0.143. The molecular weight excluding hydrogens is 983 g/mol. The molecule has 0 aliphatic rings. The van der Waals surface area contributed by atoms with E-state index in [2.05, 4.69) is 31.3 Å². The molecule has 1 amide bonds. The van der Waals surface area contributed by atoms with Gasteiger partial charge in [0.05, 0.1) is 25.4 Å². The van der Waals surface area contributed by atoms with Gasteiger partial charge in [-0.15, -0.1) is 0 Å². The molecule has 0 heterocycles. The molecule has 0 aromatic rings. The van der Waals surface area contributed by atoms with Crippen LogP contribution in [0.3, 0.4) is 0 Å². The van der Waals surface area contributed by atoms with E-state index in [1.165, 1.54) is 353 Å². The largest absolute Gasteiger partial charge is 0.466 e. The van der Waals surface area contributed by atoms with Crippen LogP contribution in [0.5, 0.6) is 0 Å². The molecule has 0 fully saturated rings. The van der Waals surface area contributed by atoms with E-state index in [1.54, 1.807) is 0 Å². The third-order valence-electron chi connectivity index (χ3n) is 17.6. The number of esters is 1. The zero-order valence-electron chi connectivity index (χ0n) is 54.6. The van der Waals surface area contributed by atoms with Crippen molar-refractivity contribution in [2.75, 3.05) is 13.2 Å². The first-order chi connectivity index (χ1) is 39.5. The summed E-state index contributed by atoms with van der Waals surface area (Å²) < 4.78 is 5.52. The monoisotopic (exact) mass is 1130 g/mol. The van der Waals surface area contributed by atoms with Crippen LogP contribution in [-0.4, -0.2) is 47.4 Å². The number of hydrogen-bond acceptors (Lipinski definition) is 5. The van der Waals surface area contributed by atoms with Crippen LogP contribution in [0.4, 0.5) is 0 Å². The summed E-state index contributed by atoms with van der Waals surface area (Å²) in [6.07, 6.45) is 87.1. The smallest absolute Gasteiger partial charge is 0.305 e. The number of aliphatic hydroxyl groups is 2. The van der Waals surface area contributed by atoms with Crippen molar-refractivity contribution in [1.29, 1.82) is 0 Å². The fraction of sp³-hybridized carbons (Fsp3) is 0.946. The van der Waals surface area contributed by atoms with Gasteiger partial charge in [0.15, 0.2) is 0 Å². The Bertz CT molecular complexity index is 1210. The van der Waals surface area contributed by atoms with E-state index in [-0.39, 0.29) is 18.5 Å². The third-order valence-corrected chi connectivity index (χ3v) is 17.6. The molecule has 476 valence electrons. The van der Waals surface area contributed by atoms with E-state index in [0.29, 0.717) is 25.9 Å². The molecule has 3 N–H and O–H groups in total. The number of ether oxygens (including phenoxy) is 1. The molecule has 0 radical (unpaired) electrons. The number of unbranched alkanes of at least 4 members (excludes halogenated alkanes) is 57. The highest BCUT2D eigenvalue weighted by Crippen LogP contribution is 2.20. The molecule has 0 aromatic heterocycles. The normalized spacial score (nSPS) is 12.5. The quantitative estimate of drug-likeness (QED) is 0.0320. The molecule has 2 atom stereocenters. The van der Waals surface area contributed by atoms with Crippen LogP contribution >= 0.6 is 0 Å². The molecule has 0 aliphatic heterocycles. The van der Waals surface area contributed by atoms with Gasteiger partial charge in [0.25, 0.3) is 0 Å². The molecule has 80 heavy (non-hydrogen) atoms. The van der Waals surface area contributed by atoms with Gasteiger partial charge in [0.2, 0.25) is 5.91 Å². The Hall–Kier alpha value is -1.40. The standard InChI is InChI=1S/C74H145NO5/c1-3-5-7-9-11-13-15-17-19-20-33-37-40-44-48-52-56-60-64-68-74(79)80-69-65-61-57-53-49-45-41-38-35-32-30-28-26-24-22-21-23-25-27-29-31-34-36-39-43-47-51-55-59-63-67-73(78)75-71(70-76)72(77)66-62-58-54-50-46-42-18-16-14-12-10-8-6-4-2/h17,19,71-72,76-77H,3-16,18,20-70H2,1-2H3,(H,75,78)/b19-17-. The van der Waals surface area contributed by atoms with Crippen LogP contribution in [0.2, 0.25) is 0 Å². The Labute approximate surface area is 501 Å². The first-order valence-electron chi connectivity index (χ1n) is 36.9. The molecule has 6 nitrogen and oxygen atoms in total. The number of allylic oxidation sites excluding steroid dienone is 2. The van der Waals surface area contributed by atoms with E-state index in [9.17, 15) is 19.8 Å². The van der Waals surface area contributed by atoms with E-state index in [0.717, 1.165) is 38.5 Å². The van der Waals surface area contributed by atoms with Crippen molar-refractivity contribution in [1.82, 2.24) is 5.32 Å². The van der Waals surface area contributed by atoms with Crippen LogP contribution in [0.1, 0.15) is 425 Å². The summed E-state index contributed by atoms with van der Waals surface area (Å²) in [5.41, 5.74) is 0. The Morgan fingerprint density at radius 1 is 0.338 bits per heavy atom. The van der Waals surface area contributed by atoms with Crippen molar-refractivity contribution in [3.05, 3.63) is 12.2 Å². The van der Waals surface area contributed by atoms with Crippen LogP contribution in [-0.2, 0) is 14.3 Å². The first-order valence-corrected chi connectivity index (χ1v) is 36.9. The zero-order chi connectivity index (χ0) is 57.8. The topological polar surface area (TPSA) is 95.9 Å². The summed E-state index contributed by atoms with van der Waals surface area (Å²) in [6.45, 7) is 4.99. The molecule has 0 rings (SSSR count).